The highest BCUT2D eigenvalue weighted by Gasteiger charge is 2.06. The third-order valence-electron chi connectivity index (χ3n) is 3.09. The van der Waals surface area contributed by atoms with E-state index in [4.69, 9.17) is 0 Å². The monoisotopic (exact) mass is 345 g/mol. The Balaban J connectivity index is 0.00000161. The van der Waals surface area contributed by atoms with Crippen LogP contribution in [0.4, 0.5) is 0 Å². The lowest BCUT2D eigenvalue weighted by molar-refractivity contribution is -0.688. The zero-order valence-corrected chi connectivity index (χ0v) is 13.3. The smallest absolute Gasteiger partial charge is 0.204 e. The summed E-state index contributed by atoms with van der Waals surface area (Å²) in [5.74, 6) is 0.672. The van der Waals surface area contributed by atoms with Gasteiger partial charge in [0.15, 0.2) is 18.9 Å². The molecule has 2 aromatic heterocycles. The molecule has 1 aromatic carbocycles. The lowest BCUT2D eigenvalue weighted by Crippen LogP contribution is -3.00. The number of tetrazole rings is 1. The fourth-order valence-corrected chi connectivity index (χ4v) is 2.00. The third kappa shape index (κ3) is 3.72. The molecule has 0 unspecified atom stereocenters. The molecule has 0 saturated carbocycles. The van der Waals surface area contributed by atoms with E-state index in [2.05, 4.69) is 44.5 Å². The molecule has 3 aromatic rings. The predicted molar refractivity (Wildman–Crippen MR) is 74.7 cm³/mol. The summed E-state index contributed by atoms with van der Waals surface area (Å²) in [5.41, 5.74) is 2.24. The van der Waals surface area contributed by atoms with Crippen molar-refractivity contribution in [1.29, 1.82) is 0 Å². The number of aromatic nitrogens is 5. The first-order valence-corrected chi connectivity index (χ1v) is 6.66. The number of benzene rings is 1. The van der Waals surface area contributed by atoms with E-state index in [0.717, 1.165) is 18.7 Å². The molecule has 0 atom stereocenters. The topological polar surface area (TPSA) is 47.5 Å². The minimum atomic E-state index is 0. The standard InChI is InChI=1S/C15H16N5.BrH/c1-2-20-17-15(16-18-20)14-8-6-13(7-9-14)12-19-10-4-3-5-11-19;/h3-11H,2,12H2,1H3;1H/q+1;/p-1. The maximum Gasteiger partial charge on any atom is 0.204 e. The van der Waals surface area contributed by atoms with Gasteiger partial charge >= 0.3 is 0 Å². The molecule has 0 aliphatic carbocycles. The molecule has 0 spiro atoms. The summed E-state index contributed by atoms with van der Waals surface area (Å²) in [6.45, 7) is 3.58. The quantitative estimate of drug-likeness (QED) is 0.552. The van der Waals surface area contributed by atoms with Gasteiger partial charge in [0, 0.05) is 23.3 Å². The molecule has 0 fully saturated rings. The number of pyridine rings is 1. The zero-order chi connectivity index (χ0) is 13.8. The molecule has 0 aliphatic heterocycles. The Hall–Kier alpha value is -2.08. The highest BCUT2D eigenvalue weighted by molar-refractivity contribution is 5.54. The Morgan fingerprint density at radius 3 is 2.38 bits per heavy atom. The molecule has 21 heavy (non-hydrogen) atoms. The van der Waals surface area contributed by atoms with Crippen molar-refractivity contribution in [3.8, 4) is 11.4 Å². The van der Waals surface area contributed by atoms with Crippen LogP contribution in [0, 0.1) is 0 Å². The Labute approximate surface area is 134 Å². The highest BCUT2D eigenvalue weighted by Crippen LogP contribution is 2.14. The molecule has 2 heterocycles. The van der Waals surface area contributed by atoms with Crippen LogP contribution in [0.2, 0.25) is 0 Å². The Bertz CT molecular complexity index is 679. The lowest BCUT2D eigenvalue weighted by atomic mass is 10.1. The van der Waals surface area contributed by atoms with Crippen LogP contribution < -0.4 is 21.5 Å². The summed E-state index contributed by atoms with van der Waals surface area (Å²) < 4.78 is 2.14. The summed E-state index contributed by atoms with van der Waals surface area (Å²) in [5, 5.41) is 12.3. The number of rotatable bonds is 4. The van der Waals surface area contributed by atoms with Gasteiger partial charge < -0.3 is 17.0 Å². The van der Waals surface area contributed by atoms with Gasteiger partial charge in [-0.3, -0.25) is 0 Å². The van der Waals surface area contributed by atoms with E-state index in [1.165, 1.54) is 5.56 Å². The molecule has 5 nitrogen and oxygen atoms in total. The van der Waals surface area contributed by atoms with Gasteiger partial charge in [0.25, 0.3) is 0 Å². The number of aryl methyl sites for hydroxylation is 1. The van der Waals surface area contributed by atoms with Gasteiger partial charge in [-0.15, -0.1) is 10.2 Å². The number of hydrogen-bond donors (Lipinski definition) is 0. The van der Waals surface area contributed by atoms with Crippen molar-refractivity contribution in [2.45, 2.75) is 20.0 Å². The van der Waals surface area contributed by atoms with E-state index >= 15 is 0 Å². The van der Waals surface area contributed by atoms with Crippen molar-refractivity contribution in [2.24, 2.45) is 0 Å². The zero-order valence-electron chi connectivity index (χ0n) is 11.7. The first kappa shape index (κ1) is 15.3. The molecule has 3 rings (SSSR count). The van der Waals surface area contributed by atoms with Crippen molar-refractivity contribution < 1.29 is 21.5 Å². The summed E-state index contributed by atoms with van der Waals surface area (Å²) in [7, 11) is 0. The molecular formula is C15H16BrN5. The average Bonchev–Trinajstić information content (AvgIpc) is 2.98. The molecule has 0 radical (unpaired) electrons. The minimum Gasteiger partial charge on any atom is -1.00 e. The van der Waals surface area contributed by atoms with Crippen LogP contribution in [-0.4, -0.2) is 20.2 Å². The van der Waals surface area contributed by atoms with Gasteiger partial charge in [-0.1, -0.05) is 30.3 Å². The van der Waals surface area contributed by atoms with Gasteiger partial charge in [-0.25, -0.2) is 4.57 Å². The normalized spacial score (nSPS) is 10.1. The van der Waals surface area contributed by atoms with E-state index < -0.39 is 0 Å². The Morgan fingerprint density at radius 1 is 1.05 bits per heavy atom. The van der Waals surface area contributed by atoms with Crippen molar-refractivity contribution in [2.75, 3.05) is 0 Å². The number of halogens is 1. The van der Waals surface area contributed by atoms with Gasteiger partial charge in [0.1, 0.15) is 0 Å². The molecule has 0 bridgehead atoms. The van der Waals surface area contributed by atoms with Crippen LogP contribution in [0.5, 0.6) is 0 Å². The van der Waals surface area contributed by atoms with E-state index in [1.807, 2.05) is 37.3 Å². The maximum atomic E-state index is 4.30. The van der Waals surface area contributed by atoms with E-state index in [-0.39, 0.29) is 17.0 Å². The predicted octanol–water partition coefficient (Wildman–Crippen LogP) is -1.30. The molecule has 0 amide bonds. The SMILES string of the molecule is CCn1nnc(-c2ccc(C[n+]3ccccc3)cc2)n1.[Br-]. The second-order valence-corrected chi connectivity index (χ2v) is 4.55. The van der Waals surface area contributed by atoms with E-state index in [1.54, 1.807) is 4.80 Å². The first-order valence-electron chi connectivity index (χ1n) is 6.66. The highest BCUT2D eigenvalue weighted by atomic mass is 79.9. The van der Waals surface area contributed by atoms with E-state index in [9.17, 15) is 0 Å². The van der Waals surface area contributed by atoms with Crippen LogP contribution in [0.1, 0.15) is 12.5 Å². The van der Waals surface area contributed by atoms with Gasteiger partial charge in [-0.2, -0.15) is 4.80 Å². The Morgan fingerprint density at radius 2 is 1.76 bits per heavy atom. The van der Waals surface area contributed by atoms with Crippen molar-refractivity contribution in [3.63, 3.8) is 0 Å². The summed E-state index contributed by atoms with van der Waals surface area (Å²) in [6, 6.07) is 14.3. The number of hydrogen-bond acceptors (Lipinski definition) is 3. The molecular weight excluding hydrogens is 330 g/mol. The molecule has 0 N–H and O–H groups in total. The van der Waals surface area contributed by atoms with Crippen molar-refractivity contribution in [1.82, 2.24) is 20.2 Å². The fourth-order valence-electron chi connectivity index (χ4n) is 2.00. The van der Waals surface area contributed by atoms with E-state index in [0.29, 0.717) is 5.82 Å². The second-order valence-electron chi connectivity index (χ2n) is 4.55. The fraction of sp³-hybridized carbons (Fsp3) is 0.200. The largest absolute Gasteiger partial charge is 1.00 e. The molecule has 108 valence electrons. The van der Waals surface area contributed by atoms with Crippen LogP contribution in [-0.2, 0) is 13.1 Å². The average molecular weight is 346 g/mol. The molecule has 0 aliphatic rings. The van der Waals surface area contributed by atoms with Crippen molar-refractivity contribution >= 4 is 0 Å². The van der Waals surface area contributed by atoms with Crippen LogP contribution >= 0.6 is 0 Å². The minimum absolute atomic E-state index is 0. The second kappa shape index (κ2) is 7.08. The summed E-state index contributed by atoms with van der Waals surface area (Å²) in [4.78, 5) is 1.59. The number of nitrogens with zero attached hydrogens (tertiary/aromatic N) is 5. The maximum absolute atomic E-state index is 4.30. The van der Waals surface area contributed by atoms with Crippen LogP contribution in [0.3, 0.4) is 0 Å². The molecule has 6 heteroatoms. The first-order chi connectivity index (χ1) is 9.85. The Kier molecular flexibility index (Phi) is 5.16. The molecule has 0 saturated heterocycles. The summed E-state index contributed by atoms with van der Waals surface area (Å²) in [6.07, 6.45) is 4.12. The van der Waals surface area contributed by atoms with Crippen LogP contribution in [0.25, 0.3) is 11.4 Å². The van der Waals surface area contributed by atoms with Crippen molar-refractivity contribution in [3.05, 3.63) is 60.4 Å². The van der Waals surface area contributed by atoms with Crippen LogP contribution in [0.15, 0.2) is 54.9 Å². The summed E-state index contributed by atoms with van der Waals surface area (Å²) >= 11 is 0. The van der Waals surface area contributed by atoms with Gasteiger partial charge in [-0.05, 0) is 12.1 Å². The third-order valence-corrected chi connectivity index (χ3v) is 3.09. The van der Waals surface area contributed by atoms with Gasteiger partial charge in [0.05, 0.1) is 6.54 Å². The van der Waals surface area contributed by atoms with Gasteiger partial charge in [0.2, 0.25) is 5.82 Å². The lowest BCUT2D eigenvalue weighted by Gasteiger charge is -1.99.